The highest BCUT2D eigenvalue weighted by molar-refractivity contribution is 7.89. The van der Waals surface area contributed by atoms with E-state index in [-0.39, 0.29) is 17.6 Å². The number of amides is 1. The van der Waals surface area contributed by atoms with Gasteiger partial charge in [-0.15, -0.1) is 0 Å². The summed E-state index contributed by atoms with van der Waals surface area (Å²) in [6.07, 6.45) is 1.03. The van der Waals surface area contributed by atoms with E-state index in [4.69, 9.17) is 23.2 Å². The molecule has 1 fully saturated rings. The van der Waals surface area contributed by atoms with E-state index in [0.29, 0.717) is 41.7 Å². The van der Waals surface area contributed by atoms with Gasteiger partial charge in [-0.3, -0.25) is 4.79 Å². The highest BCUT2D eigenvalue weighted by Crippen LogP contribution is 2.25. The maximum atomic E-state index is 12.3. The molecule has 0 saturated carbocycles. The second kappa shape index (κ2) is 7.17. The van der Waals surface area contributed by atoms with Gasteiger partial charge in [-0.05, 0) is 38.0 Å². The van der Waals surface area contributed by atoms with Crippen LogP contribution < -0.4 is 5.32 Å². The molecule has 122 valence electrons. The molecular formula is C14H18Cl2N2O3S. The van der Waals surface area contributed by atoms with Gasteiger partial charge in [-0.2, -0.15) is 0 Å². The first-order valence-corrected chi connectivity index (χ1v) is 9.43. The van der Waals surface area contributed by atoms with E-state index in [1.165, 1.54) is 4.31 Å². The number of hydrogen-bond acceptors (Lipinski definition) is 3. The summed E-state index contributed by atoms with van der Waals surface area (Å²) in [5.74, 6) is -0.252. The van der Waals surface area contributed by atoms with Crippen molar-refractivity contribution in [2.24, 2.45) is 5.92 Å². The number of nitrogens with one attached hydrogen (secondary N) is 1. The first-order chi connectivity index (χ1) is 10.3. The maximum absolute atomic E-state index is 12.3. The highest BCUT2D eigenvalue weighted by atomic mass is 35.5. The van der Waals surface area contributed by atoms with Crippen LogP contribution in [0.3, 0.4) is 0 Å². The number of benzene rings is 1. The molecule has 5 nitrogen and oxygen atoms in total. The van der Waals surface area contributed by atoms with Crippen molar-refractivity contribution in [2.75, 3.05) is 24.2 Å². The van der Waals surface area contributed by atoms with Crippen molar-refractivity contribution < 1.29 is 13.2 Å². The molecule has 1 aliphatic rings. The standard InChI is InChI=1S/C14H18Cl2N2O3S/c1-2-22(20,21)18-5-3-10(4-6-18)14(19)17-13-8-11(15)7-12(16)9-13/h7-10H,2-6H2,1H3,(H,17,19). The lowest BCUT2D eigenvalue weighted by Crippen LogP contribution is -2.42. The third kappa shape index (κ3) is 4.35. The molecule has 1 heterocycles. The number of anilines is 1. The molecule has 0 unspecified atom stereocenters. The van der Waals surface area contributed by atoms with E-state index in [1.54, 1.807) is 25.1 Å². The van der Waals surface area contributed by atoms with Gasteiger partial charge in [0.2, 0.25) is 15.9 Å². The Morgan fingerprint density at radius 1 is 1.23 bits per heavy atom. The molecule has 1 aliphatic heterocycles. The Kier molecular flexibility index (Phi) is 5.71. The van der Waals surface area contributed by atoms with Crippen molar-refractivity contribution in [3.63, 3.8) is 0 Å². The zero-order chi connectivity index (χ0) is 16.3. The molecule has 1 aromatic carbocycles. The molecule has 0 aliphatic carbocycles. The largest absolute Gasteiger partial charge is 0.326 e. The van der Waals surface area contributed by atoms with Crippen LogP contribution in [-0.4, -0.2) is 37.5 Å². The van der Waals surface area contributed by atoms with Gasteiger partial charge >= 0.3 is 0 Å². The first-order valence-electron chi connectivity index (χ1n) is 7.06. The minimum absolute atomic E-state index is 0.0882. The lowest BCUT2D eigenvalue weighted by atomic mass is 9.97. The van der Waals surface area contributed by atoms with E-state index in [1.807, 2.05) is 0 Å². The van der Waals surface area contributed by atoms with Crippen LogP contribution in [0.15, 0.2) is 18.2 Å². The van der Waals surface area contributed by atoms with E-state index >= 15 is 0 Å². The number of sulfonamides is 1. The third-order valence-corrected chi connectivity index (χ3v) is 6.03. The number of carbonyl (C=O) groups excluding carboxylic acids is 1. The van der Waals surface area contributed by atoms with Gasteiger partial charge in [-0.1, -0.05) is 23.2 Å². The van der Waals surface area contributed by atoms with Gasteiger partial charge in [0.05, 0.1) is 5.75 Å². The van der Waals surface area contributed by atoms with E-state index in [0.717, 1.165) is 0 Å². The van der Waals surface area contributed by atoms with Crippen LogP contribution in [0, 0.1) is 5.92 Å². The minimum Gasteiger partial charge on any atom is -0.326 e. The van der Waals surface area contributed by atoms with Gasteiger partial charge in [0.25, 0.3) is 0 Å². The summed E-state index contributed by atoms with van der Waals surface area (Å²) in [6.45, 7) is 2.38. The Morgan fingerprint density at radius 2 is 1.77 bits per heavy atom. The summed E-state index contributed by atoms with van der Waals surface area (Å²) in [5, 5.41) is 3.69. The average molecular weight is 365 g/mol. The van der Waals surface area contributed by atoms with Gasteiger partial charge in [0.15, 0.2) is 0 Å². The fourth-order valence-electron chi connectivity index (χ4n) is 2.45. The molecular weight excluding hydrogens is 347 g/mol. The highest BCUT2D eigenvalue weighted by Gasteiger charge is 2.30. The van der Waals surface area contributed by atoms with E-state index in [2.05, 4.69) is 5.32 Å². The third-order valence-electron chi connectivity index (χ3n) is 3.71. The molecule has 8 heteroatoms. The van der Waals surface area contributed by atoms with Crippen LogP contribution in [0.5, 0.6) is 0 Å². The Bertz CT molecular complexity index is 636. The monoisotopic (exact) mass is 364 g/mol. The molecule has 1 amide bonds. The Morgan fingerprint density at radius 3 is 2.27 bits per heavy atom. The van der Waals surface area contributed by atoms with Crippen molar-refractivity contribution in [2.45, 2.75) is 19.8 Å². The summed E-state index contributed by atoms with van der Waals surface area (Å²) < 4.78 is 25.0. The molecule has 1 saturated heterocycles. The predicted octanol–water partition coefficient (Wildman–Crippen LogP) is 2.99. The van der Waals surface area contributed by atoms with Crippen LogP contribution in [0.4, 0.5) is 5.69 Å². The molecule has 1 aromatic rings. The number of carbonyl (C=O) groups is 1. The van der Waals surface area contributed by atoms with Crippen molar-refractivity contribution in [3.05, 3.63) is 28.2 Å². The van der Waals surface area contributed by atoms with Gasteiger partial charge < -0.3 is 5.32 Å². The number of hydrogen-bond donors (Lipinski definition) is 1. The zero-order valence-corrected chi connectivity index (χ0v) is 14.5. The second-order valence-electron chi connectivity index (χ2n) is 5.22. The number of halogens is 2. The summed E-state index contributed by atoms with van der Waals surface area (Å²) in [7, 11) is -3.17. The Hall–Kier alpha value is -0.820. The maximum Gasteiger partial charge on any atom is 0.227 e. The molecule has 0 radical (unpaired) electrons. The Balaban J connectivity index is 1.95. The van der Waals surface area contributed by atoms with Crippen molar-refractivity contribution in [3.8, 4) is 0 Å². The molecule has 1 N–H and O–H groups in total. The average Bonchev–Trinajstić information content (AvgIpc) is 2.46. The van der Waals surface area contributed by atoms with Crippen molar-refractivity contribution in [1.29, 1.82) is 0 Å². The molecule has 0 spiro atoms. The predicted molar refractivity (Wildman–Crippen MR) is 88.8 cm³/mol. The normalized spacial score (nSPS) is 17.4. The summed E-state index contributed by atoms with van der Waals surface area (Å²) >= 11 is 11.8. The van der Waals surface area contributed by atoms with Gasteiger partial charge in [0.1, 0.15) is 0 Å². The van der Waals surface area contributed by atoms with E-state index in [9.17, 15) is 13.2 Å². The van der Waals surface area contributed by atoms with Crippen LogP contribution >= 0.6 is 23.2 Å². The van der Waals surface area contributed by atoms with Crippen LogP contribution in [0.2, 0.25) is 10.0 Å². The molecule has 0 aromatic heterocycles. The fourth-order valence-corrected chi connectivity index (χ4v) is 4.11. The van der Waals surface area contributed by atoms with Gasteiger partial charge in [0, 0.05) is 34.7 Å². The van der Waals surface area contributed by atoms with Crippen LogP contribution in [0.1, 0.15) is 19.8 Å². The number of piperidine rings is 1. The van der Waals surface area contributed by atoms with Crippen LogP contribution in [-0.2, 0) is 14.8 Å². The Labute approximate surface area is 140 Å². The minimum atomic E-state index is -3.17. The van der Waals surface area contributed by atoms with Crippen LogP contribution in [0.25, 0.3) is 0 Å². The summed E-state index contributed by atoms with van der Waals surface area (Å²) in [5.41, 5.74) is 0.547. The molecule has 0 bridgehead atoms. The summed E-state index contributed by atoms with van der Waals surface area (Å²) in [4.78, 5) is 12.3. The first kappa shape index (κ1) is 17.5. The smallest absolute Gasteiger partial charge is 0.227 e. The second-order valence-corrected chi connectivity index (χ2v) is 8.35. The van der Waals surface area contributed by atoms with E-state index < -0.39 is 10.0 Å². The van der Waals surface area contributed by atoms with Crippen molar-refractivity contribution in [1.82, 2.24) is 4.31 Å². The molecule has 0 atom stereocenters. The summed E-state index contributed by atoms with van der Waals surface area (Å²) in [6, 6.07) is 4.84. The fraction of sp³-hybridized carbons (Fsp3) is 0.500. The SMILES string of the molecule is CCS(=O)(=O)N1CCC(C(=O)Nc2cc(Cl)cc(Cl)c2)CC1. The van der Waals surface area contributed by atoms with Gasteiger partial charge in [-0.25, -0.2) is 12.7 Å². The topological polar surface area (TPSA) is 66.5 Å². The molecule has 2 rings (SSSR count). The number of nitrogens with zero attached hydrogens (tertiary/aromatic N) is 1. The molecule has 22 heavy (non-hydrogen) atoms. The zero-order valence-electron chi connectivity index (χ0n) is 12.2. The quantitative estimate of drug-likeness (QED) is 0.892. The lowest BCUT2D eigenvalue weighted by molar-refractivity contribution is -0.120. The lowest BCUT2D eigenvalue weighted by Gasteiger charge is -2.30. The number of rotatable bonds is 4. The van der Waals surface area contributed by atoms with Crippen molar-refractivity contribution >= 4 is 44.8 Å².